The molecule has 1 aromatic heterocycles. The first-order valence-electron chi connectivity index (χ1n) is 4.23. The Labute approximate surface area is 99.8 Å². The summed E-state index contributed by atoms with van der Waals surface area (Å²) >= 11 is 9.22. The van der Waals surface area contributed by atoms with E-state index in [-0.39, 0.29) is 5.82 Å². The number of aryl methyl sites for hydroxylation is 1. The van der Waals surface area contributed by atoms with Crippen LogP contribution in [0.25, 0.3) is 11.3 Å². The van der Waals surface area contributed by atoms with Crippen LogP contribution >= 0.6 is 27.5 Å². The summed E-state index contributed by atoms with van der Waals surface area (Å²) in [5, 5.41) is 4.51. The summed E-state index contributed by atoms with van der Waals surface area (Å²) in [5.74, 6) is -0.343. The van der Waals surface area contributed by atoms with Crippen molar-refractivity contribution in [2.75, 3.05) is 0 Å². The lowest BCUT2D eigenvalue weighted by molar-refractivity contribution is 0.628. The lowest BCUT2D eigenvalue weighted by Crippen LogP contribution is -1.94. The van der Waals surface area contributed by atoms with Crippen molar-refractivity contribution in [3.05, 3.63) is 39.7 Å². The van der Waals surface area contributed by atoms with Gasteiger partial charge in [0.2, 0.25) is 0 Å². The van der Waals surface area contributed by atoms with Gasteiger partial charge in [0.05, 0.1) is 10.7 Å². The van der Waals surface area contributed by atoms with E-state index in [2.05, 4.69) is 21.0 Å². The second-order valence-electron chi connectivity index (χ2n) is 3.10. The number of halogens is 3. The first-order chi connectivity index (χ1) is 7.08. The van der Waals surface area contributed by atoms with Crippen LogP contribution in [0.4, 0.5) is 4.39 Å². The van der Waals surface area contributed by atoms with E-state index < -0.39 is 0 Å². The first-order valence-corrected chi connectivity index (χ1v) is 5.40. The van der Waals surface area contributed by atoms with E-state index in [1.807, 2.05) is 6.07 Å². The Balaban J connectivity index is 2.59. The summed E-state index contributed by atoms with van der Waals surface area (Å²) in [7, 11) is 1.81. The Bertz CT molecular complexity index is 510. The number of rotatable bonds is 1. The Morgan fingerprint density at radius 2 is 2.13 bits per heavy atom. The fourth-order valence-corrected chi connectivity index (χ4v) is 2.10. The highest BCUT2D eigenvalue weighted by Crippen LogP contribution is 2.29. The monoisotopic (exact) mass is 288 g/mol. The Hall–Kier alpha value is -0.870. The predicted molar refractivity (Wildman–Crippen MR) is 61.3 cm³/mol. The lowest BCUT2D eigenvalue weighted by Gasteiger charge is -2.04. The fourth-order valence-electron chi connectivity index (χ4n) is 1.38. The highest BCUT2D eigenvalue weighted by atomic mass is 79.9. The molecule has 0 bridgehead atoms. The fraction of sp³-hybridized carbons (Fsp3) is 0.100. The van der Waals surface area contributed by atoms with Gasteiger partial charge in [-0.3, -0.25) is 4.68 Å². The lowest BCUT2D eigenvalue weighted by atomic mass is 10.1. The molecule has 0 saturated heterocycles. The summed E-state index contributed by atoms with van der Waals surface area (Å²) in [6.07, 6.45) is 0. The molecule has 0 unspecified atom stereocenters. The van der Waals surface area contributed by atoms with E-state index in [4.69, 9.17) is 11.6 Å². The van der Waals surface area contributed by atoms with Crippen molar-refractivity contribution in [2.45, 2.75) is 0 Å². The largest absolute Gasteiger partial charge is 0.267 e. The van der Waals surface area contributed by atoms with Crippen molar-refractivity contribution in [2.24, 2.45) is 7.05 Å². The van der Waals surface area contributed by atoms with E-state index in [9.17, 15) is 4.39 Å². The van der Waals surface area contributed by atoms with Gasteiger partial charge in [-0.05, 0) is 40.2 Å². The SMILES string of the molecule is Cn1nc(Br)cc1-c1ccc(F)cc1Cl. The molecule has 0 aliphatic carbocycles. The molecule has 1 heterocycles. The summed E-state index contributed by atoms with van der Waals surface area (Å²) < 4.78 is 15.3. The zero-order valence-corrected chi connectivity index (χ0v) is 10.2. The van der Waals surface area contributed by atoms with Gasteiger partial charge in [0, 0.05) is 12.6 Å². The summed E-state index contributed by atoms with van der Waals surface area (Å²) in [6.45, 7) is 0. The van der Waals surface area contributed by atoms with Gasteiger partial charge in [-0.1, -0.05) is 11.6 Å². The highest BCUT2D eigenvalue weighted by Gasteiger charge is 2.09. The molecule has 78 valence electrons. The molecule has 0 amide bonds. The summed E-state index contributed by atoms with van der Waals surface area (Å²) in [4.78, 5) is 0. The molecule has 0 saturated carbocycles. The van der Waals surface area contributed by atoms with Gasteiger partial charge in [0.25, 0.3) is 0 Å². The maximum Gasteiger partial charge on any atom is 0.128 e. The quantitative estimate of drug-likeness (QED) is 0.783. The van der Waals surface area contributed by atoms with Crippen LogP contribution in [0.5, 0.6) is 0 Å². The molecule has 2 nitrogen and oxygen atoms in total. The third-order valence-electron chi connectivity index (χ3n) is 2.06. The average Bonchev–Trinajstić information content (AvgIpc) is 2.45. The standard InChI is InChI=1S/C10H7BrClFN2/c1-15-9(5-10(11)14-15)7-3-2-6(13)4-8(7)12/h2-5H,1H3. The van der Waals surface area contributed by atoms with Gasteiger partial charge < -0.3 is 0 Å². The van der Waals surface area contributed by atoms with Crippen LogP contribution in [-0.4, -0.2) is 9.78 Å². The van der Waals surface area contributed by atoms with Crippen molar-refractivity contribution in [1.29, 1.82) is 0 Å². The van der Waals surface area contributed by atoms with Gasteiger partial charge in [-0.25, -0.2) is 4.39 Å². The molecule has 0 radical (unpaired) electrons. The number of nitrogens with zero attached hydrogens (tertiary/aromatic N) is 2. The van der Waals surface area contributed by atoms with Crippen LogP contribution in [0.1, 0.15) is 0 Å². The minimum Gasteiger partial charge on any atom is -0.267 e. The molecular weight excluding hydrogens is 282 g/mol. The molecular formula is C10H7BrClFN2. The van der Waals surface area contributed by atoms with Crippen LogP contribution in [-0.2, 0) is 7.05 Å². The van der Waals surface area contributed by atoms with Crippen LogP contribution < -0.4 is 0 Å². The minimum atomic E-state index is -0.343. The zero-order chi connectivity index (χ0) is 11.0. The van der Waals surface area contributed by atoms with Crippen molar-refractivity contribution >= 4 is 27.5 Å². The Morgan fingerprint density at radius 3 is 2.67 bits per heavy atom. The van der Waals surface area contributed by atoms with Crippen molar-refractivity contribution in [3.63, 3.8) is 0 Å². The molecule has 0 spiro atoms. The molecule has 2 rings (SSSR count). The Kier molecular flexibility index (Phi) is 2.80. The maximum absolute atomic E-state index is 12.9. The number of benzene rings is 1. The van der Waals surface area contributed by atoms with E-state index in [0.29, 0.717) is 5.02 Å². The third kappa shape index (κ3) is 2.06. The minimum absolute atomic E-state index is 0.343. The van der Waals surface area contributed by atoms with E-state index >= 15 is 0 Å². The molecule has 0 N–H and O–H groups in total. The van der Waals surface area contributed by atoms with Gasteiger partial charge in [0.1, 0.15) is 10.4 Å². The van der Waals surface area contributed by atoms with Crippen LogP contribution in [0.15, 0.2) is 28.9 Å². The molecule has 2 aromatic rings. The average molecular weight is 290 g/mol. The molecule has 0 aliphatic rings. The molecule has 0 atom stereocenters. The van der Waals surface area contributed by atoms with Crippen LogP contribution in [0.3, 0.4) is 0 Å². The molecule has 0 fully saturated rings. The van der Waals surface area contributed by atoms with Gasteiger partial charge in [0.15, 0.2) is 0 Å². The number of hydrogen-bond acceptors (Lipinski definition) is 1. The molecule has 0 aliphatic heterocycles. The smallest absolute Gasteiger partial charge is 0.128 e. The Morgan fingerprint density at radius 1 is 1.40 bits per heavy atom. The van der Waals surface area contributed by atoms with E-state index in [0.717, 1.165) is 15.9 Å². The van der Waals surface area contributed by atoms with Crippen molar-refractivity contribution in [3.8, 4) is 11.3 Å². The van der Waals surface area contributed by atoms with E-state index in [1.165, 1.54) is 12.1 Å². The van der Waals surface area contributed by atoms with E-state index in [1.54, 1.807) is 17.8 Å². The zero-order valence-electron chi connectivity index (χ0n) is 7.84. The summed E-state index contributed by atoms with van der Waals surface area (Å²) in [6, 6.07) is 6.14. The third-order valence-corrected chi connectivity index (χ3v) is 2.76. The maximum atomic E-state index is 12.9. The highest BCUT2D eigenvalue weighted by molar-refractivity contribution is 9.10. The second kappa shape index (κ2) is 3.94. The number of hydrogen-bond donors (Lipinski definition) is 0. The molecule has 5 heteroatoms. The molecule has 15 heavy (non-hydrogen) atoms. The predicted octanol–water partition coefficient (Wildman–Crippen LogP) is 3.64. The molecule has 1 aromatic carbocycles. The summed E-state index contributed by atoms with van der Waals surface area (Å²) in [5.41, 5.74) is 1.60. The second-order valence-corrected chi connectivity index (χ2v) is 4.32. The topological polar surface area (TPSA) is 17.8 Å². The van der Waals surface area contributed by atoms with Crippen LogP contribution in [0.2, 0.25) is 5.02 Å². The van der Waals surface area contributed by atoms with Gasteiger partial charge in [-0.2, -0.15) is 5.10 Å². The van der Waals surface area contributed by atoms with Crippen molar-refractivity contribution < 1.29 is 4.39 Å². The van der Waals surface area contributed by atoms with Gasteiger partial charge >= 0.3 is 0 Å². The van der Waals surface area contributed by atoms with Crippen LogP contribution in [0, 0.1) is 5.82 Å². The normalized spacial score (nSPS) is 10.7. The van der Waals surface area contributed by atoms with Crippen molar-refractivity contribution in [1.82, 2.24) is 9.78 Å². The first kappa shape index (κ1) is 10.6. The van der Waals surface area contributed by atoms with Gasteiger partial charge in [-0.15, -0.1) is 0 Å². The number of aromatic nitrogens is 2.